The monoisotopic (exact) mass is 502 g/mol. The Hall–Kier alpha value is -4.13. The molecule has 0 aliphatic rings. The third-order valence-corrected chi connectivity index (χ3v) is 5.75. The first-order valence-corrected chi connectivity index (χ1v) is 12.5. The molecule has 0 atom stereocenters. The number of rotatable bonds is 11. The summed E-state index contributed by atoms with van der Waals surface area (Å²) >= 11 is 0. The van der Waals surface area contributed by atoms with Crippen molar-refractivity contribution in [3.05, 3.63) is 83.4 Å². The molecule has 0 spiro atoms. The molecule has 0 heterocycles. The van der Waals surface area contributed by atoms with Crippen molar-refractivity contribution >= 4 is 29.2 Å². The second kappa shape index (κ2) is 13.3. The maximum absolute atomic E-state index is 12.3. The maximum Gasteiger partial charge on any atom is 0.306 e. The number of para-hydroxylation sites is 1. The van der Waals surface area contributed by atoms with Gasteiger partial charge >= 0.3 is 5.97 Å². The summed E-state index contributed by atoms with van der Waals surface area (Å²) in [4.78, 5) is 36.4. The van der Waals surface area contributed by atoms with E-state index >= 15 is 0 Å². The number of carbonyl (C=O) groups excluding carboxylic acids is 3. The summed E-state index contributed by atoms with van der Waals surface area (Å²) in [6.07, 6.45) is 0.586. The second-order valence-corrected chi connectivity index (χ2v) is 9.09. The number of amides is 2. The van der Waals surface area contributed by atoms with E-state index in [9.17, 15) is 14.4 Å². The van der Waals surface area contributed by atoms with Gasteiger partial charge in [0.15, 0.2) is 6.61 Å². The van der Waals surface area contributed by atoms with Gasteiger partial charge in [-0.15, -0.1) is 0 Å². The van der Waals surface area contributed by atoms with Crippen LogP contribution in [0.5, 0.6) is 11.5 Å². The third-order valence-electron chi connectivity index (χ3n) is 5.75. The van der Waals surface area contributed by atoms with E-state index in [4.69, 9.17) is 9.47 Å². The van der Waals surface area contributed by atoms with E-state index in [0.29, 0.717) is 23.0 Å². The fraction of sp³-hybridized carbons (Fsp3) is 0.300. The van der Waals surface area contributed by atoms with E-state index in [0.717, 1.165) is 28.9 Å². The summed E-state index contributed by atoms with van der Waals surface area (Å²) in [5.41, 5.74) is 4.52. The van der Waals surface area contributed by atoms with Crippen molar-refractivity contribution in [3.63, 3.8) is 0 Å². The van der Waals surface area contributed by atoms with Gasteiger partial charge in [0, 0.05) is 17.8 Å². The number of carbonyl (C=O) groups is 3. The molecule has 2 amide bonds. The second-order valence-electron chi connectivity index (χ2n) is 9.09. The molecule has 0 unspecified atom stereocenters. The van der Waals surface area contributed by atoms with Gasteiger partial charge in [0.05, 0.1) is 6.42 Å². The van der Waals surface area contributed by atoms with Gasteiger partial charge in [0.2, 0.25) is 5.91 Å². The highest BCUT2D eigenvalue weighted by Gasteiger charge is 2.13. The zero-order valence-electron chi connectivity index (χ0n) is 21.8. The molecule has 0 saturated carbocycles. The van der Waals surface area contributed by atoms with E-state index in [2.05, 4.69) is 36.6 Å². The van der Waals surface area contributed by atoms with Crippen LogP contribution in [0.1, 0.15) is 56.2 Å². The van der Waals surface area contributed by atoms with Crippen LogP contribution < -0.4 is 15.4 Å². The lowest BCUT2D eigenvalue weighted by molar-refractivity contribution is -0.147. The van der Waals surface area contributed by atoms with Crippen LogP contribution in [0.2, 0.25) is 0 Å². The average molecular weight is 503 g/mol. The lowest BCUT2D eigenvalue weighted by atomic mass is 10.0. The Bertz CT molecular complexity index is 1230. The van der Waals surface area contributed by atoms with Gasteiger partial charge < -0.3 is 20.1 Å². The molecule has 37 heavy (non-hydrogen) atoms. The Balaban J connectivity index is 1.42. The number of ether oxygens (including phenoxy) is 2. The molecule has 0 bridgehead atoms. The van der Waals surface area contributed by atoms with E-state index in [1.807, 2.05) is 38.1 Å². The van der Waals surface area contributed by atoms with Gasteiger partial charge in [0.1, 0.15) is 11.5 Å². The Kier molecular flexibility index (Phi) is 9.84. The minimum atomic E-state index is -0.614. The van der Waals surface area contributed by atoms with Crippen LogP contribution in [0.3, 0.4) is 0 Å². The molecule has 0 aliphatic carbocycles. The number of esters is 1. The molecule has 0 saturated heterocycles. The summed E-state index contributed by atoms with van der Waals surface area (Å²) in [5.74, 6) is 0.437. The molecule has 3 aromatic carbocycles. The van der Waals surface area contributed by atoms with Crippen molar-refractivity contribution in [2.45, 2.75) is 52.9 Å². The molecule has 0 radical (unpaired) electrons. The van der Waals surface area contributed by atoms with Crippen molar-refractivity contribution in [1.82, 2.24) is 0 Å². The number of nitrogens with one attached hydrogen (secondary N) is 2. The summed E-state index contributed by atoms with van der Waals surface area (Å²) in [6, 6.07) is 20.7. The highest BCUT2D eigenvalue weighted by molar-refractivity contribution is 5.94. The third kappa shape index (κ3) is 8.49. The SMILES string of the molecule is CCc1ccccc1NC(=O)COC(=O)CCC(=O)Nc1ccc(Oc2cc(C)ccc2C(C)C)cc1. The Morgan fingerprint density at radius 3 is 2.30 bits per heavy atom. The highest BCUT2D eigenvalue weighted by atomic mass is 16.5. The number of hydrogen-bond donors (Lipinski definition) is 2. The molecule has 7 nitrogen and oxygen atoms in total. The summed E-state index contributed by atoms with van der Waals surface area (Å²) in [6.45, 7) is 7.85. The van der Waals surface area contributed by atoms with Gasteiger partial charge in [-0.05, 0) is 72.4 Å². The predicted octanol–water partition coefficient (Wildman–Crippen LogP) is 6.37. The van der Waals surface area contributed by atoms with E-state index in [-0.39, 0.29) is 18.7 Å². The first-order valence-electron chi connectivity index (χ1n) is 12.5. The largest absolute Gasteiger partial charge is 0.457 e. The van der Waals surface area contributed by atoms with E-state index < -0.39 is 18.5 Å². The molecule has 0 fully saturated rings. The minimum Gasteiger partial charge on any atom is -0.457 e. The zero-order chi connectivity index (χ0) is 26.8. The molecule has 2 N–H and O–H groups in total. The van der Waals surface area contributed by atoms with Crippen LogP contribution in [0.4, 0.5) is 11.4 Å². The van der Waals surface area contributed by atoms with Crippen LogP contribution >= 0.6 is 0 Å². The first-order chi connectivity index (χ1) is 17.7. The van der Waals surface area contributed by atoms with Crippen molar-refractivity contribution in [2.24, 2.45) is 0 Å². The van der Waals surface area contributed by atoms with Crippen molar-refractivity contribution in [3.8, 4) is 11.5 Å². The van der Waals surface area contributed by atoms with Crippen LogP contribution in [0.15, 0.2) is 66.7 Å². The maximum atomic E-state index is 12.3. The Labute approximate surface area is 218 Å². The lowest BCUT2D eigenvalue weighted by Gasteiger charge is -2.15. The lowest BCUT2D eigenvalue weighted by Crippen LogP contribution is -2.22. The smallest absolute Gasteiger partial charge is 0.306 e. The standard InChI is InChI=1S/C30H34N2O5/c1-5-22-8-6-7-9-26(22)32-29(34)19-36-30(35)17-16-28(33)31-23-11-13-24(14-12-23)37-27-18-21(4)10-15-25(27)20(2)3/h6-15,18,20H,5,16-17,19H2,1-4H3,(H,31,33)(H,32,34). The predicted molar refractivity (Wildman–Crippen MR) is 145 cm³/mol. The van der Waals surface area contributed by atoms with Gasteiger partial charge in [-0.25, -0.2) is 0 Å². The fourth-order valence-electron chi connectivity index (χ4n) is 3.73. The number of aryl methyl sites for hydroxylation is 2. The first kappa shape index (κ1) is 27.5. The Morgan fingerprint density at radius 2 is 1.59 bits per heavy atom. The highest BCUT2D eigenvalue weighted by Crippen LogP contribution is 2.32. The van der Waals surface area contributed by atoms with Crippen molar-refractivity contribution < 1.29 is 23.9 Å². The Morgan fingerprint density at radius 1 is 0.865 bits per heavy atom. The molecule has 7 heteroatoms. The molecular weight excluding hydrogens is 468 g/mol. The van der Waals surface area contributed by atoms with Crippen LogP contribution in [0, 0.1) is 6.92 Å². The van der Waals surface area contributed by atoms with Gasteiger partial charge in [-0.3, -0.25) is 14.4 Å². The van der Waals surface area contributed by atoms with Crippen LogP contribution in [0.25, 0.3) is 0 Å². The summed E-state index contributed by atoms with van der Waals surface area (Å²) < 4.78 is 11.1. The molecule has 3 aromatic rings. The van der Waals surface area contributed by atoms with E-state index in [1.54, 1.807) is 30.3 Å². The average Bonchev–Trinajstić information content (AvgIpc) is 2.87. The quantitative estimate of drug-likeness (QED) is 0.297. The van der Waals surface area contributed by atoms with Crippen LogP contribution in [-0.2, 0) is 25.5 Å². The van der Waals surface area contributed by atoms with E-state index in [1.165, 1.54) is 0 Å². The zero-order valence-corrected chi connectivity index (χ0v) is 21.8. The van der Waals surface area contributed by atoms with Gasteiger partial charge in [-0.2, -0.15) is 0 Å². The molecule has 194 valence electrons. The molecule has 3 rings (SSSR count). The number of benzene rings is 3. The topological polar surface area (TPSA) is 93.7 Å². The fourth-order valence-corrected chi connectivity index (χ4v) is 3.73. The number of anilines is 2. The van der Waals surface area contributed by atoms with Crippen molar-refractivity contribution in [2.75, 3.05) is 17.2 Å². The van der Waals surface area contributed by atoms with Crippen molar-refractivity contribution in [1.29, 1.82) is 0 Å². The van der Waals surface area contributed by atoms with Gasteiger partial charge in [0.25, 0.3) is 5.91 Å². The van der Waals surface area contributed by atoms with Gasteiger partial charge in [-0.1, -0.05) is 51.1 Å². The normalized spacial score (nSPS) is 10.6. The minimum absolute atomic E-state index is 0.0571. The molecule has 0 aromatic heterocycles. The number of hydrogen-bond acceptors (Lipinski definition) is 5. The summed E-state index contributed by atoms with van der Waals surface area (Å²) in [7, 11) is 0. The molecule has 0 aliphatic heterocycles. The molecular formula is C30H34N2O5. The van der Waals surface area contributed by atoms with Crippen LogP contribution in [-0.4, -0.2) is 24.4 Å². The summed E-state index contributed by atoms with van der Waals surface area (Å²) in [5, 5.41) is 5.50.